The van der Waals surface area contributed by atoms with E-state index >= 15 is 0 Å². The maximum atomic E-state index is 12.1. The molecule has 0 aromatic carbocycles. The molecule has 2 aliphatic heterocycles. The highest BCUT2D eigenvalue weighted by atomic mass is 16.2. The fourth-order valence-electron chi connectivity index (χ4n) is 4.13. The van der Waals surface area contributed by atoms with Crippen LogP contribution in [0.2, 0.25) is 0 Å². The molecule has 0 aromatic rings. The molecule has 1 aliphatic carbocycles. The summed E-state index contributed by atoms with van der Waals surface area (Å²) in [4.78, 5) is 17.1. The van der Waals surface area contributed by atoms with Crippen LogP contribution in [-0.2, 0) is 4.79 Å². The Balaban J connectivity index is 1.43. The molecule has 3 aliphatic rings. The molecule has 114 valence electrons. The summed E-state index contributed by atoms with van der Waals surface area (Å²) in [5.74, 6) is 0.249. The number of hydrogen-bond donors (Lipinski definition) is 1. The first kappa shape index (κ1) is 14.3. The Morgan fingerprint density at radius 2 is 1.70 bits per heavy atom. The number of amides is 1. The Bertz CT molecular complexity index is 322. The first-order valence-corrected chi connectivity index (χ1v) is 8.57. The van der Waals surface area contributed by atoms with Crippen molar-refractivity contribution >= 4 is 5.91 Å². The van der Waals surface area contributed by atoms with Crippen LogP contribution in [0.1, 0.15) is 51.4 Å². The smallest absolute Gasteiger partial charge is 0.234 e. The number of hydrogen-bond acceptors (Lipinski definition) is 3. The SMILES string of the molecule is O=C(CN1CCC[C@@H](N2CCCC2)C1)NC1CCCC1. The molecule has 2 saturated heterocycles. The summed E-state index contributed by atoms with van der Waals surface area (Å²) in [6, 6.07) is 1.16. The van der Waals surface area contributed by atoms with E-state index in [4.69, 9.17) is 0 Å². The summed E-state index contributed by atoms with van der Waals surface area (Å²) in [6.07, 6.45) is 10.2. The molecular formula is C16H29N3O. The highest BCUT2D eigenvalue weighted by Crippen LogP contribution is 2.21. The van der Waals surface area contributed by atoms with Gasteiger partial charge in [0.2, 0.25) is 5.91 Å². The number of nitrogens with one attached hydrogen (secondary N) is 1. The van der Waals surface area contributed by atoms with E-state index in [1.807, 2.05) is 0 Å². The highest BCUT2D eigenvalue weighted by molar-refractivity contribution is 5.78. The predicted octanol–water partition coefficient (Wildman–Crippen LogP) is 1.61. The van der Waals surface area contributed by atoms with Crippen LogP contribution in [0.25, 0.3) is 0 Å². The van der Waals surface area contributed by atoms with Crippen molar-refractivity contribution in [3.63, 3.8) is 0 Å². The van der Waals surface area contributed by atoms with Crippen LogP contribution < -0.4 is 5.32 Å². The third-order valence-corrected chi connectivity index (χ3v) is 5.23. The minimum Gasteiger partial charge on any atom is -0.352 e. The van der Waals surface area contributed by atoms with E-state index in [1.54, 1.807) is 0 Å². The summed E-state index contributed by atoms with van der Waals surface area (Å²) >= 11 is 0. The lowest BCUT2D eigenvalue weighted by atomic mass is 10.0. The molecule has 1 N–H and O–H groups in total. The number of carbonyl (C=O) groups is 1. The number of likely N-dealkylation sites (tertiary alicyclic amines) is 2. The summed E-state index contributed by atoms with van der Waals surface area (Å²) in [7, 11) is 0. The molecule has 0 bridgehead atoms. The highest BCUT2D eigenvalue weighted by Gasteiger charge is 2.28. The maximum absolute atomic E-state index is 12.1. The van der Waals surface area contributed by atoms with Crippen molar-refractivity contribution in [2.45, 2.75) is 63.5 Å². The van der Waals surface area contributed by atoms with Crippen molar-refractivity contribution in [1.29, 1.82) is 0 Å². The Kier molecular flexibility index (Phi) is 4.94. The van der Waals surface area contributed by atoms with Gasteiger partial charge in [0, 0.05) is 18.6 Å². The average molecular weight is 279 g/mol. The van der Waals surface area contributed by atoms with Gasteiger partial charge < -0.3 is 5.32 Å². The lowest BCUT2D eigenvalue weighted by Gasteiger charge is -2.37. The first-order valence-electron chi connectivity index (χ1n) is 8.57. The van der Waals surface area contributed by atoms with Gasteiger partial charge in [-0.3, -0.25) is 14.6 Å². The molecule has 0 radical (unpaired) electrons. The van der Waals surface area contributed by atoms with Crippen LogP contribution in [-0.4, -0.2) is 60.5 Å². The molecule has 0 unspecified atom stereocenters. The van der Waals surface area contributed by atoms with Gasteiger partial charge in [-0.05, 0) is 58.2 Å². The normalized spacial score (nSPS) is 29.9. The zero-order valence-corrected chi connectivity index (χ0v) is 12.6. The second kappa shape index (κ2) is 6.90. The monoisotopic (exact) mass is 279 g/mol. The van der Waals surface area contributed by atoms with Gasteiger partial charge in [0.15, 0.2) is 0 Å². The third kappa shape index (κ3) is 3.73. The quantitative estimate of drug-likeness (QED) is 0.849. The van der Waals surface area contributed by atoms with Gasteiger partial charge >= 0.3 is 0 Å². The zero-order chi connectivity index (χ0) is 13.8. The summed E-state index contributed by atoms with van der Waals surface area (Å²) in [6.45, 7) is 5.35. The van der Waals surface area contributed by atoms with Crippen LogP contribution >= 0.6 is 0 Å². The molecule has 4 nitrogen and oxygen atoms in total. The summed E-state index contributed by atoms with van der Waals surface area (Å²) in [5.41, 5.74) is 0. The zero-order valence-electron chi connectivity index (χ0n) is 12.6. The minimum absolute atomic E-state index is 0.249. The first-order chi connectivity index (χ1) is 9.81. The van der Waals surface area contributed by atoms with Gasteiger partial charge in [-0.2, -0.15) is 0 Å². The van der Waals surface area contributed by atoms with Crippen LogP contribution in [0, 0.1) is 0 Å². The van der Waals surface area contributed by atoms with E-state index in [9.17, 15) is 4.79 Å². The van der Waals surface area contributed by atoms with Crippen LogP contribution in [0.3, 0.4) is 0 Å². The molecule has 3 fully saturated rings. The average Bonchev–Trinajstić information content (AvgIpc) is 3.11. The van der Waals surface area contributed by atoms with E-state index in [0.29, 0.717) is 18.6 Å². The number of rotatable bonds is 4. The van der Waals surface area contributed by atoms with Crippen molar-refractivity contribution in [3.8, 4) is 0 Å². The van der Waals surface area contributed by atoms with E-state index < -0.39 is 0 Å². The Labute approximate surface area is 122 Å². The molecule has 0 spiro atoms. The topological polar surface area (TPSA) is 35.6 Å². The molecule has 1 atom stereocenters. The Morgan fingerprint density at radius 1 is 0.950 bits per heavy atom. The molecular weight excluding hydrogens is 250 g/mol. The predicted molar refractivity (Wildman–Crippen MR) is 80.7 cm³/mol. The fourth-order valence-corrected chi connectivity index (χ4v) is 4.13. The van der Waals surface area contributed by atoms with Crippen LogP contribution in [0.5, 0.6) is 0 Å². The molecule has 1 amide bonds. The van der Waals surface area contributed by atoms with Crippen molar-refractivity contribution in [3.05, 3.63) is 0 Å². The second-order valence-electron chi connectivity index (χ2n) is 6.82. The lowest BCUT2D eigenvalue weighted by Crippen LogP contribution is -2.50. The number of nitrogens with zero attached hydrogens (tertiary/aromatic N) is 2. The van der Waals surface area contributed by atoms with Crippen molar-refractivity contribution in [1.82, 2.24) is 15.1 Å². The van der Waals surface area contributed by atoms with Gasteiger partial charge in [-0.1, -0.05) is 12.8 Å². The van der Waals surface area contributed by atoms with E-state index in [-0.39, 0.29) is 5.91 Å². The number of piperidine rings is 1. The standard InChI is InChI=1S/C16H29N3O/c20-16(17-14-6-1-2-7-14)13-18-9-5-8-15(12-18)19-10-3-4-11-19/h14-15H,1-13H2,(H,17,20)/t15-/m1/s1. The molecule has 20 heavy (non-hydrogen) atoms. The van der Waals surface area contributed by atoms with Crippen molar-refractivity contribution in [2.24, 2.45) is 0 Å². The Morgan fingerprint density at radius 3 is 2.45 bits per heavy atom. The van der Waals surface area contributed by atoms with Gasteiger partial charge in [0.1, 0.15) is 0 Å². The summed E-state index contributed by atoms with van der Waals surface area (Å²) in [5, 5.41) is 3.22. The lowest BCUT2D eigenvalue weighted by molar-refractivity contribution is -0.123. The third-order valence-electron chi connectivity index (χ3n) is 5.23. The molecule has 2 heterocycles. The molecule has 1 saturated carbocycles. The maximum Gasteiger partial charge on any atom is 0.234 e. The second-order valence-corrected chi connectivity index (χ2v) is 6.82. The van der Waals surface area contributed by atoms with Gasteiger partial charge in [0.05, 0.1) is 6.54 Å². The molecule has 3 rings (SSSR count). The summed E-state index contributed by atoms with van der Waals surface area (Å²) < 4.78 is 0. The number of carbonyl (C=O) groups excluding carboxylic acids is 1. The molecule has 4 heteroatoms. The minimum atomic E-state index is 0.249. The van der Waals surface area contributed by atoms with E-state index in [2.05, 4.69) is 15.1 Å². The van der Waals surface area contributed by atoms with Gasteiger partial charge in [0.25, 0.3) is 0 Å². The Hall–Kier alpha value is -0.610. The van der Waals surface area contributed by atoms with Crippen molar-refractivity contribution < 1.29 is 4.79 Å². The van der Waals surface area contributed by atoms with Crippen LogP contribution in [0.15, 0.2) is 0 Å². The molecule has 0 aromatic heterocycles. The van der Waals surface area contributed by atoms with Crippen molar-refractivity contribution in [2.75, 3.05) is 32.7 Å². The van der Waals surface area contributed by atoms with Crippen LogP contribution in [0.4, 0.5) is 0 Å². The van der Waals surface area contributed by atoms with Gasteiger partial charge in [-0.15, -0.1) is 0 Å². The van der Waals surface area contributed by atoms with E-state index in [1.165, 1.54) is 64.5 Å². The largest absolute Gasteiger partial charge is 0.352 e. The van der Waals surface area contributed by atoms with E-state index in [0.717, 1.165) is 13.1 Å². The van der Waals surface area contributed by atoms with Gasteiger partial charge in [-0.25, -0.2) is 0 Å². The fraction of sp³-hybridized carbons (Fsp3) is 0.938.